The molecule has 0 radical (unpaired) electrons. The molecule has 17 heavy (non-hydrogen) atoms. The second-order valence-electron chi connectivity index (χ2n) is 5.64. The van der Waals surface area contributed by atoms with Crippen LogP contribution in [0.15, 0.2) is 24.3 Å². The monoisotopic (exact) mass is 233 g/mol. The third-order valence-electron chi connectivity index (χ3n) is 3.63. The molecule has 0 amide bonds. The topological polar surface area (TPSA) is 21.3 Å². The number of methoxy groups -OCH3 is 1. The van der Waals surface area contributed by atoms with Gasteiger partial charge in [0.2, 0.25) is 0 Å². The summed E-state index contributed by atoms with van der Waals surface area (Å²) in [7, 11) is 1.78. The second kappa shape index (κ2) is 5.19. The van der Waals surface area contributed by atoms with Crippen molar-refractivity contribution >= 4 is 0 Å². The number of nitrogens with one attached hydrogen (secondary N) is 1. The number of rotatable bonds is 4. The van der Waals surface area contributed by atoms with Gasteiger partial charge in [0.1, 0.15) is 0 Å². The van der Waals surface area contributed by atoms with Crippen LogP contribution in [0, 0.1) is 12.8 Å². The number of benzene rings is 1. The molecule has 94 valence electrons. The van der Waals surface area contributed by atoms with Crippen molar-refractivity contribution in [1.82, 2.24) is 5.32 Å². The van der Waals surface area contributed by atoms with Crippen molar-refractivity contribution in [2.24, 2.45) is 5.92 Å². The van der Waals surface area contributed by atoms with Crippen molar-refractivity contribution in [1.29, 1.82) is 0 Å². The Morgan fingerprint density at radius 1 is 1.47 bits per heavy atom. The van der Waals surface area contributed by atoms with Gasteiger partial charge < -0.3 is 10.1 Å². The molecule has 0 bridgehead atoms. The van der Waals surface area contributed by atoms with Crippen molar-refractivity contribution in [3.05, 3.63) is 35.4 Å². The van der Waals surface area contributed by atoms with Gasteiger partial charge in [0, 0.05) is 12.6 Å². The highest BCUT2D eigenvalue weighted by Crippen LogP contribution is 2.27. The van der Waals surface area contributed by atoms with Gasteiger partial charge in [-0.25, -0.2) is 0 Å². The highest BCUT2D eigenvalue weighted by atomic mass is 16.5. The fraction of sp³-hybridized carbons (Fsp3) is 0.600. The van der Waals surface area contributed by atoms with Gasteiger partial charge in [0.15, 0.2) is 0 Å². The van der Waals surface area contributed by atoms with Gasteiger partial charge in [0.25, 0.3) is 0 Å². The molecule has 1 aliphatic heterocycles. The van der Waals surface area contributed by atoms with Gasteiger partial charge in [-0.15, -0.1) is 0 Å². The number of aryl methyl sites for hydroxylation is 1. The molecule has 2 heteroatoms. The minimum atomic E-state index is 0.170. The van der Waals surface area contributed by atoms with Gasteiger partial charge in [-0.1, -0.05) is 29.8 Å². The highest BCUT2D eigenvalue weighted by molar-refractivity contribution is 5.23. The Bertz CT molecular complexity index is 377. The fourth-order valence-corrected chi connectivity index (χ4v) is 2.92. The molecule has 1 fully saturated rings. The summed E-state index contributed by atoms with van der Waals surface area (Å²) in [5, 5.41) is 3.59. The molecule has 0 saturated carbocycles. The lowest BCUT2D eigenvalue weighted by Crippen LogP contribution is -2.40. The second-order valence-corrected chi connectivity index (χ2v) is 5.64. The molecular formula is C15H23NO. The first-order valence-electron chi connectivity index (χ1n) is 6.41. The molecule has 0 spiro atoms. The van der Waals surface area contributed by atoms with E-state index in [2.05, 4.69) is 43.4 Å². The van der Waals surface area contributed by atoms with E-state index in [4.69, 9.17) is 4.74 Å². The molecule has 0 aromatic heterocycles. The first-order valence-corrected chi connectivity index (χ1v) is 6.41. The van der Waals surface area contributed by atoms with Gasteiger partial charge in [-0.3, -0.25) is 0 Å². The highest BCUT2D eigenvalue weighted by Gasteiger charge is 2.34. The molecule has 2 rings (SSSR count). The van der Waals surface area contributed by atoms with Crippen LogP contribution in [-0.4, -0.2) is 25.8 Å². The van der Waals surface area contributed by atoms with E-state index in [0.717, 1.165) is 19.1 Å². The Kier molecular flexibility index (Phi) is 3.85. The third-order valence-corrected chi connectivity index (χ3v) is 3.63. The van der Waals surface area contributed by atoms with E-state index in [0.29, 0.717) is 0 Å². The molecule has 1 aromatic carbocycles. The fourth-order valence-electron chi connectivity index (χ4n) is 2.92. The van der Waals surface area contributed by atoms with E-state index in [1.807, 2.05) is 0 Å². The molecule has 2 unspecified atom stereocenters. The predicted molar refractivity (Wildman–Crippen MR) is 71.3 cm³/mol. The van der Waals surface area contributed by atoms with Gasteiger partial charge in [0.05, 0.1) is 6.61 Å². The zero-order valence-electron chi connectivity index (χ0n) is 11.1. The zero-order chi connectivity index (χ0) is 12.3. The Morgan fingerprint density at radius 3 is 3.00 bits per heavy atom. The smallest absolute Gasteiger partial charge is 0.0641 e. The average Bonchev–Trinajstić information content (AvgIpc) is 2.60. The number of ether oxygens (including phenoxy) is 1. The Labute approximate surface area is 104 Å². The van der Waals surface area contributed by atoms with Crippen molar-refractivity contribution in [3.63, 3.8) is 0 Å². The number of hydrogen-bond acceptors (Lipinski definition) is 2. The maximum Gasteiger partial charge on any atom is 0.0641 e. The Morgan fingerprint density at radius 2 is 2.29 bits per heavy atom. The summed E-state index contributed by atoms with van der Waals surface area (Å²) < 4.78 is 5.28. The Balaban J connectivity index is 1.94. The molecule has 2 atom stereocenters. The van der Waals surface area contributed by atoms with E-state index in [9.17, 15) is 0 Å². The zero-order valence-corrected chi connectivity index (χ0v) is 11.1. The quantitative estimate of drug-likeness (QED) is 0.863. The summed E-state index contributed by atoms with van der Waals surface area (Å²) in [5.41, 5.74) is 2.98. The maximum absolute atomic E-state index is 5.28. The summed E-state index contributed by atoms with van der Waals surface area (Å²) in [6, 6.07) is 8.85. The third kappa shape index (κ3) is 3.30. The first-order chi connectivity index (χ1) is 8.11. The van der Waals surface area contributed by atoms with Crippen molar-refractivity contribution in [3.8, 4) is 0 Å². The summed E-state index contributed by atoms with van der Waals surface area (Å²) in [4.78, 5) is 0. The van der Waals surface area contributed by atoms with Crippen molar-refractivity contribution in [2.75, 3.05) is 20.3 Å². The minimum Gasteiger partial charge on any atom is -0.383 e. The minimum absolute atomic E-state index is 0.170. The summed E-state index contributed by atoms with van der Waals surface area (Å²) in [5.74, 6) is 0.733. The van der Waals surface area contributed by atoms with E-state index in [1.54, 1.807) is 7.11 Å². The van der Waals surface area contributed by atoms with E-state index < -0.39 is 0 Å². The van der Waals surface area contributed by atoms with Crippen LogP contribution in [0.25, 0.3) is 0 Å². The molecular weight excluding hydrogens is 210 g/mol. The molecule has 2 nitrogen and oxygen atoms in total. The molecule has 1 aliphatic rings. The number of hydrogen-bond donors (Lipinski definition) is 1. The van der Waals surface area contributed by atoms with Gasteiger partial charge in [-0.2, -0.15) is 0 Å². The van der Waals surface area contributed by atoms with Crippen molar-refractivity contribution in [2.45, 2.75) is 32.2 Å². The standard InChI is InChI=1S/C15H23NO/c1-12-5-4-6-13(7-12)8-14-9-15(2,11-17-3)16-10-14/h4-7,14,16H,8-11H2,1-3H3. The average molecular weight is 233 g/mol. The lowest BCUT2D eigenvalue weighted by atomic mass is 9.91. The summed E-state index contributed by atoms with van der Waals surface area (Å²) in [6.07, 6.45) is 2.38. The van der Waals surface area contributed by atoms with E-state index in [1.165, 1.54) is 24.0 Å². The van der Waals surface area contributed by atoms with Crippen LogP contribution in [0.4, 0.5) is 0 Å². The van der Waals surface area contributed by atoms with E-state index >= 15 is 0 Å². The Hall–Kier alpha value is -0.860. The molecule has 1 N–H and O–H groups in total. The van der Waals surface area contributed by atoms with Crippen LogP contribution in [0.2, 0.25) is 0 Å². The van der Waals surface area contributed by atoms with Crippen LogP contribution in [0.5, 0.6) is 0 Å². The molecule has 1 aromatic rings. The maximum atomic E-state index is 5.28. The molecule has 1 heterocycles. The molecule has 1 saturated heterocycles. The van der Waals surface area contributed by atoms with Crippen molar-refractivity contribution < 1.29 is 4.74 Å². The van der Waals surface area contributed by atoms with E-state index in [-0.39, 0.29) is 5.54 Å². The summed E-state index contributed by atoms with van der Waals surface area (Å²) >= 11 is 0. The normalized spacial score (nSPS) is 28.5. The SMILES string of the molecule is COCC1(C)CC(Cc2cccc(C)c2)CN1. The summed E-state index contributed by atoms with van der Waals surface area (Å²) in [6.45, 7) is 6.32. The predicted octanol–water partition coefficient (Wildman–Crippen LogP) is 2.55. The van der Waals surface area contributed by atoms with Gasteiger partial charge >= 0.3 is 0 Å². The molecule has 0 aliphatic carbocycles. The van der Waals surface area contributed by atoms with Gasteiger partial charge in [-0.05, 0) is 44.7 Å². The van der Waals surface area contributed by atoms with Crippen LogP contribution in [0.3, 0.4) is 0 Å². The van der Waals surface area contributed by atoms with Crippen LogP contribution in [0.1, 0.15) is 24.5 Å². The van der Waals surface area contributed by atoms with Crippen LogP contribution in [-0.2, 0) is 11.2 Å². The van der Waals surface area contributed by atoms with Crippen LogP contribution >= 0.6 is 0 Å². The largest absolute Gasteiger partial charge is 0.383 e. The lowest BCUT2D eigenvalue weighted by Gasteiger charge is -2.23. The van der Waals surface area contributed by atoms with Crippen LogP contribution < -0.4 is 5.32 Å². The first kappa shape index (κ1) is 12.6. The lowest BCUT2D eigenvalue weighted by molar-refractivity contribution is 0.128.